The maximum atomic E-state index is 12.6. The molecule has 0 spiro atoms. The van der Waals surface area contributed by atoms with Crippen LogP contribution >= 0.6 is 50.9 Å². The number of aromatic nitrogens is 3. The lowest BCUT2D eigenvalue weighted by Crippen LogP contribution is -2.25. The van der Waals surface area contributed by atoms with Gasteiger partial charge in [-0.15, -0.1) is 10.2 Å². The van der Waals surface area contributed by atoms with Crippen LogP contribution in [0.4, 0.5) is 0 Å². The zero-order valence-electron chi connectivity index (χ0n) is 16.6. The van der Waals surface area contributed by atoms with Crippen LogP contribution in [0, 0.1) is 0 Å². The maximum Gasteiger partial charge on any atom is 0.253 e. The van der Waals surface area contributed by atoms with Crippen LogP contribution in [0.3, 0.4) is 0 Å². The third kappa shape index (κ3) is 5.53. The number of amides is 1. The maximum absolute atomic E-state index is 12.6. The molecule has 0 atom stereocenters. The van der Waals surface area contributed by atoms with Gasteiger partial charge in [-0.05, 0) is 48.0 Å². The van der Waals surface area contributed by atoms with E-state index in [4.69, 9.17) is 23.2 Å². The van der Waals surface area contributed by atoms with E-state index in [-0.39, 0.29) is 12.5 Å². The minimum Gasteiger partial charge on any atom is -0.345 e. The molecule has 162 valence electrons. The average molecular weight is 548 g/mol. The van der Waals surface area contributed by atoms with Crippen molar-refractivity contribution in [3.05, 3.63) is 104 Å². The Labute approximate surface area is 208 Å². The Bertz CT molecular complexity index is 1230. The van der Waals surface area contributed by atoms with E-state index in [9.17, 15) is 4.79 Å². The Hall–Kier alpha value is -2.32. The molecule has 0 fully saturated rings. The number of carbonyl (C=O) groups excluding carboxylic acids is 1. The minimum absolute atomic E-state index is 0.193. The highest BCUT2D eigenvalue weighted by atomic mass is 79.9. The summed E-state index contributed by atoms with van der Waals surface area (Å²) in [5.41, 5.74) is 2.45. The van der Waals surface area contributed by atoms with Gasteiger partial charge in [-0.3, -0.25) is 9.36 Å². The normalized spacial score (nSPS) is 10.8. The van der Waals surface area contributed by atoms with E-state index >= 15 is 0 Å². The number of thioether (sulfide) groups is 1. The van der Waals surface area contributed by atoms with Gasteiger partial charge in [0.15, 0.2) is 11.0 Å². The van der Waals surface area contributed by atoms with Crippen molar-refractivity contribution in [1.82, 2.24) is 20.1 Å². The molecule has 3 aromatic carbocycles. The van der Waals surface area contributed by atoms with Crippen molar-refractivity contribution < 1.29 is 4.79 Å². The largest absolute Gasteiger partial charge is 0.345 e. The topological polar surface area (TPSA) is 59.8 Å². The second-order valence-corrected chi connectivity index (χ2v) is 9.49. The SMILES string of the molecule is O=C(NCc1nnc(SCc2ccc(Br)cc2)n1-c1ccccc1)c1ccc(Cl)cc1Cl. The van der Waals surface area contributed by atoms with E-state index in [2.05, 4.69) is 43.6 Å². The first kappa shape index (κ1) is 22.9. The monoisotopic (exact) mass is 546 g/mol. The lowest BCUT2D eigenvalue weighted by molar-refractivity contribution is 0.0950. The van der Waals surface area contributed by atoms with Crippen LogP contribution in [-0.2, 0) is 12.3 Å². The van der Waals surface area contributed by atoms with Gasteiger partial charge >= 0.3 is 0 Å². The van der Waals surface area contributed by atoms with Crippen LogP contribution in [-0.4, -0.2) is 20.7 Å². The molecular formula is C23H17BrCl2N4OS. The van der Waals surface area contributed by atoms with Gasteiger partial charge in [-0.2, -0.15) is 0 Å². The molecule has 0 bridgehead atoms. The van der Waals surface area contributed by atoms with Crippen LogP contribution in [0.15, 0.2) is 82.4 Å². The number of nitrogens with zero attached hydrogens (tertiary/aromatic N) is 3. The fraction of sp³-hybridized carbons (Fsp3) is 0.0870. The fourth-order valence-corrected chi connectivity index (χ4v) is 4.69. The fourth-order valence-electron chi connectivity index (χ4n) is 3.00. The number of benzene rings is 3. The van der Waals surface area contributed by atoms with Crippen molar-refractivity contribution in [2.24, 2.45) is 0 Å². The second kappa shape index (κ2) is 10.5. The Morgan fingerprint density at radius 1 is 1.00 bits per heavy atom. The first-order valence-corrected chi connectivity index (χ1v) is 12.1. The summed E-state index contributed by atoms with van der Waals surface area (Å²) < 4.78 is 2.99. The third-order valence-electron chi connectivity index (χ3n) is 4.58. The summed E-state index contributed by atoms with van der Waals surface area (Å²) in [6, 6.07) is 22.8. The Kier molecular flexibility index (Phi) is 7.52. The highest BCUT2D eigenvalue weighted by Crippen LogP contribution is 2.26. The minimum atomic E-state index is -0.307. The van der Waals surface area contributed by atoms with Crippen LogP contribution in [0.1, 0.15) is 21.7 Å². The molecule has 1 aromatic heterocycles. The summed E-state index contributed by atoms with van der Waals surface area (Å²) in [6.07, 6.45) is 0. The summed E-state index contributed by atoms with van der Waals surface area (Å²) in [4.78, 5) is 12.6. The average Bonchev–Trinajstić information content (AvgIpc) is 3.20. The summed E-state index contributed by atoms with van der Waals surface area (Å²) in [7, 11) is 0. The Morgan fingerprint density at radius 3 is 2.47 bits per heavy atom. The summed E-state index contributed by atoms with van der Waals surface area (Å²) in [6.45, 7) is 0.193. The standard InChI is InChI=1S/C23H17BrCl2N4OS/c24-16-8-6-15(7-9-16)14-32-23-29-28-21(30(23)18-4-2-1-3-5-18)13-27-22(31)19-11-10-17(25)12-20(19)26/h1-12H,13-14H2,(H,27,31). The lowest BCUT2D eigenvalue weighted by atomic mass is 10.2. The molecule has 1 N–H and O–H groups in total. The molecule has 0 saturated carbocycles. The van der Waals surface area contributed by atoms with Gasteiger partial charge in [0.05, 0.1) is 17.1 Å². The summed E-state index contributed by atoms with van der Waals surface area (Å²) in [5, 5.41) is 13.1. The molecule has 0 aliphatic heterocycles. The van der Waals surface area contributed by atoms with Crippen molar-refractivity contribution in [3.63, 3.8) is 0 Å². The summed E-state index contributed by atoms with van der Waals surface area (Å²) in [5.74, 6) is 1.05. The van der Waals surface area contributed by atoms with Gasteiger partial charge in [0.25, 0.3) is 5.91 Å². The number of para-hydroxylation sites is 1. The van der Waals surface area contributed by atoms with Gasteiger partial charge in [0, 0.05) is 20.9 Å². The predicted octanol–water partition coefficient (Wildman–Crippen LogP) is 6.56. The van der Waals surface area contributed by atoms with Crippen LogP contribution in [0.2, 0.25) is 10.0 Å². The molecule has 1 amide bonds. The van der Waals surface area contributed by atoms with Gasteiger partial charge in [0.1, 0.15) is 0 Å². The number of hydrogen-bond donors (Lipinski definition) is 1. The molecular weight excluding hydrogens is 531 g/mol. The molecule has 4 rings (SSSR count). The molecule has 0 saturated heterocycles. The van der Waals surface area contributed by atoms with Gasteiger partial charge in [-0.1, -0.05) is 81.2 Å². The van der Waals surface area contributed by atoms with E-state index in [1.54, 1.807) is 30.0 Å². The van der Waals surface area contributed by atoms with Crippen molar-refractivity contribution in [1.29, 1.82) is 0 Å². The number of rotatable bonds is 7. The molecule has 0 aliphatic rings. The van der Waals surface area contributed by atoms with E-state index in [0.717, 1.165) is 21.1 Å². The summed E-state index contributed by atoms with van der Waals surface area (Å²) >= 11 is 17.1. The zero-order chi connectivity index (χ0) is 22.5. The first-order chi connectivity index (χ1) is 15.5. The third-order valence-corrected chi connectivity index (χ3v) is 6.66. The smallest absolute Gasteiger partial charge is 0.253 e. The van der Waals surface area contributed by atoms with Crippen LogP contribution in [0.25, 0.3) is 5.69 Å². The van der Waals surface area contributed by atoms with Crippen molar-refractivity contribution in [2.75, 3.05) is 0 Å². The molecule has 0 radical (unpaired) electrons. The molecule has 0 unspecified atom stereocenters. The van der Waals surface area contributed by atoms with E-state index < -0.39 is 0 Å². The van der Waals surface area contributed by atoms with Crippen molar-refractivity contribution in [3.8, 4) is 5.69 Å². The van der Waals surface area contributed by atoms with E-state index in [1.165, 1.54) is 5.56 Å². The van der Waals surface area contributed by atoms with E-state index in [1.807, 2.05) is 47.0 Å². The van der Waals surface area contributed by atoms with Crippen LogP contribution < -0.4 is 5.32 Å². The van der Waals surface area contributed by atoms with Crippen molar-refractivity contribution >= 4 is 56.8 Å². The molecule has 32 heavy (non-hydrogen) atoms. The molecule has 9 heteroatoms. The lowest BCUT2D eigenvalue weighted by Gasteiger charge is -2.11. The quantitative estimate of drug-likeness (QED) is 0.266. The second-order valence-electron chi connectivity index (χ2n) is 6.79. The zero-order valence-corrected chi connectivity index (χ0v) is 20.5. The molecule has 1 heterocycles. The number of nitrogens with one attached hydrogen (secondary N) is 1. The highest BCUT2D eigenvalue weighted by Gasteiger charge is 2.17. The first-order valence-electron chi connectivity index (χ1n) is 9.61. The predicted molar refractivity (Wildman–Crippen MR) is 133 cm³/mol. The van der Waals surface area contributed by atoms with Crippen LogP contribution in [0.5, 0.6) is 0 Å². The van der Waals surface area contributed by atoms with Crippen molar-refractivity contribution in [2.45, 2.75) is 17.5 Å². The Morgan fingerprint density at radius 2 is 1.75 bits per heavy atom. The van der Waals surface area contributed by atoms with E-state index in [0.29, 0.717) is 21.4 Å². The highest BCUT2D eigenvalue weighted by molar-refractivity contribution is 9.10. The molecule has 0 aliphatic carbocycles. The van der Waals surface area contributed by atoms with Gasteiger partial charge in [-0.25, -0.2) is 0 Å². The Balaban J connectivity index is 1.55. The number of carbonyl (C=O) groups is 1. The number of hydrogen-bond acceptors (Lipinski definition) is 4. The van der Waals surface area contributed by atoms with Gasteiger partial charge in [0.2, 0.25) is 0 Å². The van der Waals surface area contributed by atoms with Gasteiger partial charge < -0.3 is 5.32 Å². The molecule has 5 nitrogen and oxygen atoms in total. The molecule has 4 aromatic rings. The number of halogens is 3.